The highest BCUT2D eigenvalue weighted by molar-refractivity contribution is 6.00. The van der Waals surface area contributed by atoms with Gasteiger partial charge in [-0.3, -0.25) is 52.7 Å². The molecule has 3 rings (SSSR count). The highest BCUT2D eigenvalue weighted by atomic mass is 16.5. The smallest absolute Gasteiger partial charge is 0.248 e. The minimum atomic E-state index is -1.34. The van der Waals surface area contributed by atoms with Gasteiger partial charge in [0.05, 0.1) is 18.8 Å². The monoisotopic (exact) mass is 1280 g/mol. The number of carbonyl (C=O) groups excluding carboxylic acids is 11. The molecule has 0 spiro atoms. The Morgan fingerprint density at radius 2 is 1.01 bits per heavy atom. The fourth-order valence-electron chi connectivity index (χ4n) is 12.6. The molecule has 0 radical (unpaired) electrons. The Kier molecular flexibility index (Phi) is 31.0. The predicted octanol–water partition coefficient (Wildman–Crippen LogP) is 2.74. The van der Waals surface area contributed by atoms with Gasteiger partial charge in [-0.25, -0.2) is 0 Å². The second kappa shape index (κ2) is 35.7. The van der Waals surface area contributed by atoms with E-state index < -0.39 is 161 Å². The molecule has 11 amide bonds. The molecular formula is C66H116N12O13. The zero-order valence-corrected chi connectivity index (χ0v) is 59.3. The van der Waals surface area contributed by atoms with Crippen LogP contribution in [-0.4, -0.2) is 265 Å². The Hall–Kier alpha value is -6.21. The van der Waals surface area contributed by atoms with Gasteiger partial charge in [-0.15, -0.1) is 0 Å². The fourth-order valence-corrected chi connectivity index (χ4v) is 12.6. The number of fused-ring (bicyclic) bond motifs is 3. The first kappa shape index (κ1) is 79.0. The lowest BCUT2D eigenvalue weighted by Crippen LogP contribution is -2.63. The van der Waals surface area contributed by atoms with Gasteiger partial charge in [-0.2, -0.15) is 0 Å². The molecule has 518 valence electrons. The summed E-state index contributed by atoms with van der Waals surface area (Å²) in [4.78, 5) is 174. The summed E-state index contributed by atoms with van der Waals surface area (Å²) in [6.07, 6.45) is 3.48. The first-order chi connectivity index (χ1) is 42.4. The Labute approximate surface area is 543 Å². The van der Waals surface area contributed by atoms with Crippen molar-refractivity contribution >= 4 is 65.0 Å². The molecule has 3 heterocycles. The van der Waals surface area contributed by atoms with E-state index in [4.69, 9.17) is 9.47 Å². The number of rotatable bonds is 14. The predicted molar refractivity (Wildman–Crippen MR) is 348 cm³/mol. The summed E-state index contributed by atoms with van der Waals surface area (Å²) in [7, 11) is 10.2. The number of hydrogen-bond donors (Lipinski definition) is 4. The topological polar surface area (TPSA) is 280 Å². The van der Waals surface area contributed by atoms with Crippen LogP contribution in [0.2, 0.25) is 0 Å². The molecule has 25 nitrogen and oxygen atoms in total. The lowest BCUT2D eigenvalue weighted by atomic mass is 9.92. The van der Waals surface area contributed by atoms with Crippen molar-refractivity contribution in [2.75, 3.05) is 82.2 Å². The summed E-state index contributed by atoms with van der Waals surface area (Å²) in [5.41, 5.74) is 0. The van der Waals surface area contributed by atoms with Gasteiger partial charge in [0.15, 0.2) is 0 Å². The normalized spacial score (nSPS) is 30.2. The number of carbonyl (C=O) groups is 11. The molecule has 0 aromatic heterocycles. The van der Waals surface area contributed by atoms with Crippen LogP contribution in [0.25, 0.3) is 0 Å². The summed E-state index contributed by atoms with van der Waals surface area (Å²) in [6, 6.07) is -13.4. The van der Waals surface area contributed by atoms with Crippen molar-refractivity contribution in [3.8, 4) is 0 Å². The number of hydrogen-bond acceptors (Lipinski definition) is 14. The third-order valence-corrected chi connectivity index (χ3v) is 18.3. The maximum absolute atomic E-state index is 15.2. The van der Waals surface area contributed by atoms with Gasteiger partial charge >= 0.3 is 0 Å². The van der Waals surface area contributed by atoms with Crippen LogP contribution in [-0.2, 0) is 62.2 Å². The van der Waals surface area contributed by atoms with E-state index >= 15 is 24.0 Å². The van der Waals surface area contributed by atoms with Crippen molar-refractivity contribution in [2.24, 2.45) is 35.5 Å². The van der Waals surface area contributed by atoms with Crippen LogP contribution in [0, 0.1) is 35.5 Å². The Morgan fingerprint density at radius 1 is 0.495 bits per heavy atom. The number of nitrogens with zero attached hydrogens (tertiary/aromatic N) is 8. The van der Waals surface area contributed by atoms with Gasteiger partial charge in [0.2, 0.25) is 65.0 Å². The average Bonchev–Trinajstić information content (AvgIpc) is 1.77. The van der Waals surface area contributed by atoms with Crippen LogP contribution in [0.1, 0.15) is 149 Å². The van der Waals surface area contributed by atoms with Gasteiger partial charge < -0.3 is 69.9 Å². The summed E-state index contributed by atoms with van der Waals surface area (Å²) in [5, 5.41) is 11.3. The molecule has 2 bridgehead atoms. The van der Waals surface area contributed by atoms with Crippen molar-refractivity contribution < 1.29 is 62.2 Å². The summed E-state index contributed by atoms with van der Waals surface area (Å²) in [6.45, 7) is 30.8. The second-order valence-electron chi connectivity index (χ2n) is 27.6. The maximum atomic E-state index is 15.2. The molecule has 3 fully saturated rings. The minimum Gasteiger partial charge on any atom is -0.380 e. The molecule has 15 unspecified atom stereocenters. The standard InChI is InChI=1S/C66H116N12O13/c1-24-26-28-41(11)55-54-59(82)69-47(25-2)62(85)71(17)45(15)61(84)75(21)52(42(12)36-78-29-27-31-90-32-30-78)58(81)70-51(40(9)10)65(88)72(18)48(33-37(3)4)57(80)67-43(13)56(79)68-44(14)60(83)73(19)49(34-38(5)6)63(86)74(20)50(35-39(7)8)64(87)76(22)53(46(16)91-55)66(89)77(54)23/h24,26,37-55H,25,27-36H2,1-23H3,(H,67,80)(H,68,79)(H,69,82)(H,70,81). The van der Waals surface area contributed by atoms with E-state index in [-0.39, 0.29) is 43.4 Å². The lowest BCUT2D eigenvalue weighted by molar-refractivity contribution is -0.155. The second-order valence-corrected chi connectivity index (χ2v) is 27.6. The molecular weight excluding hydrogens is 1170 g/mol. The van der Waals surface area contributed by atoms with Crippen molar-refractivity contribution in [2.45, 2.75) is 228 Å². The van der Waals surface area contributed by atoms with E-state index in [0.29, 0.717) is 39.3 Å². The Bertz CT molecular complexity index is 2540. The fraction of sp³-hybridized carbons (Fsp3) is 0.803. The molecule has 3 aliphatic rings. The highest BCUT2D eigenvalue weighted by Gasteiger charge is 2.51. The quantitative estimate of drug-likeness (QED) is 0.182. The lowest BCUT2D eigenvalue weighted by Gasteiger charge is -2.39. The summed E-state index contributed by atoms with van der Waals surface area (Å²) < 4.78 is 12.5. The van der Waals surface area contributed by atoms with E-state index in [9.17, 15) is 28.8 Å². The van der Waals surface area contributed by atoms with Gasteiger partial charge in [0, 0.05) is 75.6 Å². The number of allylic oxidation sites excluding steroid dienone is 2. The molecule has 3 saturated heterocycles. The number of amides is 11. The first-order valence-corrected chi connectivity index (χ1v) is 33.0. The van der Waals surface area contributed by atoms with E-state index in [1.807, 2.05) is 74.5 Å². The molecule has 4 N–H and O–H groups in total. The Morgan fingerprint density at radius 3 is 1.55 bits per heavy atom. The summed E-state index contributed by atoms with van der Waals surface area (Å²) in [5.74, 6) is -9.02. The minimum absolute atomic E-state index is 0.0604. The van der Waals surface area contributed by atoms with E-state index in [0.717, 1.165) is 6.42 Å². The Balaban J connectivity index is 2.34. The van der Waals surface area contributed by atoms with Crippen molar-refractivity contribution in [3.63, 3.8) is 0 Å². The van der Waals surface area contributed by atoms with Crippen LogP contribution in [0.3, 0.4) is 0 Å². The van der Waals surface area contributed by atoms with Crippen molar-refractivity contribution in [1.82, 2.24) is 60.5 Å². The van der Waals surface area contributed by atoms with Gasteiger partial charge in [0.25, 0.3) is 0 Å². The SMILES string of the molecule is CC=CCC(C)C1OC(C)C2C(=O)N(C)C1C(=O)NC(CC)C(=O)N(C)C(C)C(=O)N(C)C(C(C)CN1CCCOCC1)C(=O)NC(C(C)C)C(=O)N(C)C(CC(C)C)C(=O)NC(C)C(=O)NC(C)C(=O)N(C)C(CC(C)C)C(=O)N(C)C(CC(C)C)C(=O)N2C. The molecule has 0 aromatic rings. The number of nitrogens with one attached hydrogen (secondary N) is 4. The zero-order chi connectivity index (χ0) is 69.4. The molecule has 91 heavy (non-hydrogen) atoms. The third kappa shape index (κ3) is 20.6. The number of likely N-dealkylation sites (N-methyl/N-ethyl adjacent to an activating group) is 7. The third-order valence-electron chi connectivity index (χ3n) is 18.3. The first-order valence-electron chi connectivity index (χ1n) is 33.0. The van der Waals surface area contributed by atoms with Crippen LogP contribution in [0.15, 0.2) is 12.2 Å². The summed E-state index contributed by atoms with van der Waals surface area (Å²) >= 11 is 0. The molecule has 0 aliphatic carbocycles. The van der Waals surface area contributed by atoms with Gasteiger partial charge in [-0.05, 0) is 109 Å². The number of ether oxygens (including phenoxy) is 2. The van der Waals surface area contributed by atoms with Crippen LogP contribution < -0.4 is 21.3 Å². The molecule has 3 aliphatic heterocycles. The van der Waals surface area contributed by atoms with Crippen LogP contribution >= 0.6 is 0 Å². The highest BCUT2D eigenvalue weighted by Crippen LogP contribution is 2.30. The van der Waals surface area contributed by atoms with Gasteiger partial charge in [0.1, 0.15) is 66.5 Å². The van der Waals surface area contributed by atoms with Crippen molar-refractivity contribution in [1.29, 1.82) is 0 Å². The largest absolute Gasteiger partial charge is 0.380 e. The van der Waals surface area contributed by atoms with Crippen LogP contribution in [0.4, 0.5) is 0 Å². The van der Waals surface area contributed by atoms with E-state index in [1.54, 1.807) is 27.7 Å². The van der Waals surface area contributed by atoms with E-state index in [2.05, 4.69) is 26.2 Å². The van der Waals surface area contributed by atoms with E-state index in [1.165, 1.54) is 104 Å². The molecule has 0 aromatic carbocycles. The zero-order valence-electron chi connectivity index (χ0n) is 59.3. The molecule has 15 atom stereocenters. The van der Waals surface area contributed by atoms with Crippen molar-refractivity contribution in [3.05, 3.63) is 12.2 Å². The van der Waals surface area contributed by atoms with Gasteiger partial charge in [-0.1, -0.05) is 88.3 Å². The van der Waals surface area contributed by atoms with Crippen LogP contribution in [0.5, 0.6) is 0 Å². The molecule has 0 saturated carbocycles. The maximum Gasteiger partial charge on any atom is 0.248 e. The molecule has 25 heteroatoms. The average molecular weight is 1290 g/mol.